The molecule has 1 aromatic rings. The van der Waals surface area contributed by atoms with E-state index in [9.17, 15) is 0 Å². The highest BCUT2D eigenvalue weighted by molar-refractivity contribution is 5.50. The molecule has 1 aliphatic rings. The largest absolute Gasteiger partial charge is 0.491 e. The second-order valence-electron chi connectivity index (χ2n) is 3.23. The predicted molar refractivity (Wildman–Crippen MR) is 48.3 cm³/mol. The van der Waals surface area contributed by atoms with Gasteiger partial charge in [0.15, 0.2) is 0 Å². The van der Waals surface area contributed by atoms with Crippen molar-refractivity contribution in [1.29, 1.82) is 5.26 Å². The molecule has 0 saturated carbocycles. The van der Waals surface area contributed by atoms with Gasteiger partial charge in [-0.3, -0.25) is 0 Å². The zero-order valence-corrected chi connectivity index (χ0v) is 7.37. The molecule has 1 aromatic carbocycles. The number of nitrogens with zero attached hydrogens (tertiary/aromatic N) is 1. The fraction of sp³-hybridized carbons (Fsp3) is 0.300. The summed E-state index contributed by atoms with van der Waals surface area (Å²) in [5.74, 6) is 0.759. The summed E-state index contributed by atoms with van der Waals surface area (Å²) in [5.41, 5.74) is 8.43. The van der Waals surface area contributed by atoms with Gasteiger partial charge in [0, 0.05) is 5.56 Å². The zero-order valence-electron chi connectivity index (χ0n) is 7.37. The lowest BCUT2D eigenvalue weighted by atomic mass is 10.0. The van der Waals surface area contributed by atoms with Crippen LogP contribution in [0.1, 0.15) is 22.7 Å². The molecule has 2 rings (SSSR count). The first kappa shape index (κ1) is 8.09. The van der Waals surface area contributed by atoms with Crippen LogP contribution in [0.5, 0.6) is 5.75 Å². The number of fused-ring (bicyclic) bond motifs is 1. The third kappa shape index (κ3) is 1.16. The average molecular weight is 174 g/mol. The molecule has 0 unspecified atom stereocenters. The van der Waals surface area contributed by atoms with Crippen LogP contribution in [0.15, 0.2) is 12.1 Å². The molecule has 3 heteroatoms. The summed E-state index contributed by atoms with van der Waals surface area (Å²) in [6.45, 7) is 2.42. The van der Waals surface area contributed by atoms with Crippen LogP contribution >= 0.6 is 0 Å². The Morgan fingerprint density at radius 2 is 2.38 bits per heavy atom. The van der Waals surface area contributed by atoms with Crippen LogP contribution in [-0.2, 0) is 0 Å². The molecule has 1 heterocycles. The molecule has 1 aliphatic heterocycles. The minimum atomic E-state index is -0.0403. The summed E-state index contributed by atoms with van der Waals surface area (Å²) in [5, 5.41) is 8.78. The van der Waals surface area contributed by atoms with Crippen LogP contribution in [0.4, 0.5) is 0 Å². The van der Waals surface area contributed by atoms with Crippen molar-refractivity contribution in [3.8, 4) is 11.8 Å². The van der Waals surface area contributed by atoms with Crippen molar-refractivity contribution in [2.24, 2.45) is 5.73 Å². The Hall–Kier alpha value is -1.53. The number of nitriles is 1. The predicted octanol–water partition coefficient (Wildman–Crippen LogP) is 1.26. The maximum Gasteiger partial charge on any atom is 0.125 e. The minimum Gasteiger partial charge on any atom is -0.491 e. The molecule has 0 bridgehead atoms. The Morgan fingerprint density at radius 1 is 1.62 bits per heavy atom. The number of rotatable bonds is 0. The molecule has 0 radical (unpaired) electrons. The lowest BCUT2D eigenvalue weighted by Gasteiger charge is -2.03. The second-order valence-corrected chi connectivity index (χ2v) is 3.23. The first-order valence-electron chi connectivity index (χ1n) is 4.15. The van der Waals surface area contributed by atoms with Crippen LogP contribution in [-0.4, -0.2) is 6.61 Å². The van der Waals surface area contributed by atoms with Crippen molar-refractivity contribution in [3.63, 3.8) is 0 Å². The number of nitrogens with two attached hydrogens (primary N) is 1. The van der Waals surface area contributed by atoms with E-state index in [1.165, 1.54) is 0 Å². The summed E-state index contributed by atoms with van der Waals surface area (Å²) in [4.78, 5) is 0. The van der Waals surface area contributed by atoms with Gasteiger partial charge in [-0.25, -0.2) is 0 Å². The summed E-state index contributed by atoms with van der Waals surface area (Å²) in [7, 11) is 0. The lowest BCUT2D eigenvalue weighted by molar-refractivity contribution is 0.333. The Kier molecular flexibility index (Phi) is 1.71. The third-order valence-electron chi connectivity index (χ3n) is 2.30. The lowest BCUT2D eigenvalue weighted by Crippen LogP contribution is -2.10. The molecule has 0 aliphatic carbocycles. The van der Waals surface area contributed by atoms with Crippen LogP contribution in [0, 0.1) is 18.3 Å². The van der Waals surface area contributed by atoms with Gasteiger partial charge >= 0.3 is 0 Å². The van der Waals surface area contributed by atoms with Gasteiger partial charge in [-0.05, 0) is 24.6 Å². The normalized spacial score (nSPS) is 19.0. The highest BCUT2D eigenvalue weighted by Crippen LogP contribution is 2.32. The van der Waals surface area contributed by atoms with Gasteiger partial charge in [0.1, 0.15) is 12.4 Å². The fourth-order valence-electron chi connectivity index (χ4n) is 1.51. The van der Waals surface area contributed by atoms with Gasteiger partial charge in [0.05, 0.1) is 17.7 Å². The fourth-order valence-corrected chi connectivity index (χ4v) is 1.51. The Balaban J connectivity index is 2.58. The third-order valence-corrected chi connectivity index (χ3v) is 2.30. The monoisotopic (exact) mass is 174 g/mol. The highest BCUT2D eigenvalue weighted by Gasteiger charge is 2.21. The van der Waals surface area contributed by atoms with E-state index in [0.29, 0.717) is 12.2 Å². The number of hydrogen-bond donors (Lipinski definition) is 1. The summed E-state index contributed by atoms with van der Waals surface area (Å²) in [6, 6.07) is 5.78. The van der Waals surface area contributed by atoms with Gasteiger partial charge in [0.25, 0.3) is 0 Å². The van der Waals surface area contributed by atoms with Crippen molar-refractivity contribution in [3.05, 3.63) is 28.8 Å². The van der Waals surface area contributed by atoms with Gasteiger partial charge in [0.2, 0.25) is 0 Å². The van der Waals surface area contributed by atoms with Gasteiger partial charge in [-0.2, -0.15) is 5.26 Å². The summed E-state index contributed by atoms with van der Waals surface area (Å²) in [6.07, 6.45) is 0. The first-order chi connectivity index (χ1) is 6.22. The Labute approximate surface area is 76.7 Å². The van der Waals surface area contributed by atoms with E-state index in [1.54, 1.807) is 6.07 Å². The molecule has 13 heavy (non-hydrogen) atoms. The van der Waals surface area contributed by atoms with E-state index in [4.69, 9.17) is 15.7 Å². The number of aryl methyl sites for hydroxylation is 1. The van der Waals surface area contributed by atoms with Crippen LogP contribution < -0.4 is 10.5 Å². The first-order valence-corrected chi connectivity index (χ1v) is 4.15. The van der Waals surface area contributed by atoms with E-state index in [0.717, 1.165) is 16.9 Å². The smallest absolute Gasteiger partial charge is 0.125 e. The Bertz CT molecular complexity index is 393. The molecule has 66 valence electrons. The van der Waals surface area contributed by atoms with Gasteiger partial charge < -0.3 is 10.5 Å². The van der Waals surface area contributed by atoms with Crippen molar-refractivity contribution < 1.29 is 4.74 Å². The SMILES string of the molecule is Cc1cc2c(cc1C#N)OC[C@@H]2N. The minimum absolute atomic E-state index is 0.0403. The topological polar surface area (TPSA) is 59.0 Å². The molecule has 0 spiro atoms. The van der Waals surface area contributed by atoms with Crippen molar-refractivity contribution in [1.82, 2.24) is 0 Å². The van der Waals surface area contributed by atoms with Gasteiger partial charge in [-0.1, -0.05) is 0 Å². The molecule has 2 N–H and O–H groups in total. The van der Waals surface area contributed by atoms with Crippen LogP contribution in [0.3, 0.4) is 0 Å². The molecule has 1 atom stereocenters. The molecule has 0 saturated heterocycles. The maximum absolute atomic E-state index is 8.78. The van der Waals surface area contributed by atoms with Crippen LogP contribution in [0.2, 0.25) is 0 Å². The second kappa shape index (κ2) is 2.75. The molecule has 0 fully saturated rings. The van der Waals surface area contributed by atoms with E-state index in [1.807, 2.05) is 13.0 Å². The molecular formula is C10H10N2O. The molecular weight excluding hydrogens is 164 g/mol. The average Bonchev–Trinajstić information content (AvgIpc) is 2.47. The summed E-state index contributed by atoms with van der Waals surface area (Å²) < 4.78 is 5.33. The standard InChI is InChI=1S/C10H10N2O/c1-6-2-8-9(12)5-13-10(8)3-7(6)4-11/h2-3,9H,5,12H2,1H3/t9-/m0/s1. The van der Waals surface area contributed by atoms with E-state index in [2.05, 4.69) is 6.07 Å². The number of hydrogen-bond acceptors (Lipinski definition) is 3. The van der Waals surface area contributed by atoms with E-state index in [-0.39, 0.29) is 6.04 Å². The quantitative estimate of drug-likeness (QED) is 0.644. The Morgan fingerprint density at radius 3 is 3.08 bits per heavy atom. The molecule has 0 amide bonds. The van der Waals surface area contributed by atoms with Crippen molar-refractivity contribution in [2.45, 2.75) is 13.0 Å². The maximum atomic E-state index is 8.78. The molecule has 0 aromatic heterocycles. The number of benzene rings is 1. The number of ether oxygens (including phenoxy) is 1. The summed E-state index contributed by atoms with van der Waals surface area (Å²) >= 11 is 0. The van der Waals surface area contributed by atoms with E-state index >= 15 is 0 Å². The zero-order chi connectivity index (χ0) is 9.42. The van der Waals surface area contributed by atoms with Crippen molar-refractivity contribution in [2.75, 3.05) is 6.61 Å². The van der Waals surface area contributed by atoms with Crippen molar-refractivity contribution >= 4 is 0 Å². The van der Waals surface area contributed by atoms with E-state index < -0.39 is 0 Å². The molecule has 3 nitrogen and oxygen atoms in total. The van der Waals surface area contributed by atoms with Gasteiger partial charge in [-0.15, -0.1) is 0 Å². The van der Waals surface area contributed by atoms with Crippen LogP contribution in [0.25, 0.3) is 0 Å². The highest BCUT2D eigenvalue weighted by atomic mass is 16.5.